The van der Waals surface area contributed by atoms with Gasteiger partial charge in [0.15, 0.2) is 0 Å². The second kappa shape index (κ2) is 6.29. The Kier molecular flexibility index (Phi) is 4.18. The molecule has 0 spiro atoms. The number of carbonyl (C=O) groups is 2. The third kappa shape index (κ3) is 3.07. The van der Waals surface area contributed by atoms with Crippen LogP contribution in [0.25, 0.3) is 0 Å². The van der Waals surface area contributed by atoms with E-state index in [0.717, 1.165) is 18.1 Å². The van der Waals surface area contributed by atoms with Gasteiger partial charge in [-0.05, 0) is 36.2 Å². The summed E-state index contributed by atoms with van der Waals surface area (Å²) in [5.41, 5.74) is 1.64. The van der Waals surface area contributed by atoms with E-state index in [1.807, 2.05) is 0 Å². The zero-order valence-electron chi connectivity index (χ0n) is 12.3. The molecule has 0 fully saturated rings. The van der Waals surface area contributed by atoms with Crippen molar-refractivity contribution in [1.29, 1.82) is 0 Å². The molecule has 2 N–H and O–H groups in total. The van der Waals surface area contributed by atoms with Gasteiger partial charge < -0.3 is 10.6 Å². The number of halogens is 1. The number of hydrogen-bond donors (Lipinski definition) is 2. The molecule has 1 heterocycles. The molecule has 8 heteroatoms. The molecule has 2 aromatic rings. The van der Waals surface area contributed by atoms with Crippen molar-refractivity contribution >= 4 is 34.8 Å². The molecule has 7 nitrogen and oxygen atoms in total. The van der Waals surface area contributed by atoms with E-state index in [0.29, 0.717) is 17.8 Å². The van der Waals surface area contributed by atoms with Crippen LogP contribution in [0, 0.1) is 10.1 Å². The molecule has 2 amide bonds. The monoisotopic (exact) mass is 345 g/mol. The first kappa shape index (κ1) is 15.9. The average Bonchev–Trinajstić information content (AvgIpc) is 2.55. The zero-order chi connectivity index (χ0) is 17.3. The Balaban J connectivity index is 1.85. The number of nitro groups is 1. The van der Waals surface area contributed by atoms with E-state index in [4.69, 9.17) is 11.6 Å². The van der Waals surface area contributed by atoms with Crippen molar-refractivity contribution in [1.82, 2.24) is 5.32 Å². The Morgan fingerprint density at radius 2 is 2.04 bits per heavy atom. The maximum absolute atomic E-state index is 12.3. The fourth-order valence-corrected chi connectivity index (χ4v) is 2.67. The third-order valence-electron chi connectivity index (χ3n) is 3.70. The number of fused-ring (bicyclic) bond motifs is 1. The van der Waals surface area contributed by atoms with E-state index in [-0.39, 0.29) is 22.2 Å². The highest BCUT2D eigenvalue weighted by atomic mass is 35.5. The molecule has 0 unspecified atom stereocenters. The maximum Gasteiger partial charge on any atom is 0.288 e. The first-order chi connectivity index (χ1) is 11.5. The standard InChI is InChI=1S/C16H12ClN3O4/c17-13-4-2-10(7-14(13)20(23)24)15(21)19-11-3-1-9-5-6-18-16(22)12(9)8-11/h1-4,7-8H,5-6H2,(H,18,22)(H,19,21). The number of nitrogens with zero attached hydrogens (tertiary/aromatic N) is 1. The summed E-state index contributed by atoms with van der Waals surface area (Å²) < 4.78 is 0. The van der Waals surface area contributed by atoms with Crippen molar-refractivity contribution in [2.45, 2.75) is 6.42 Å². The van der Waals surface area contributed by atoms with E-state index >= 15 is 0 Å². The largest absolute Gasteiger partial charge is 0.352 e. The fourth-order valence-electron chi connectivity index (χ4n) is 2.49. The van der Waals surface area contributed by atoms with Gasteiger partial charge in [-0.25, -0.2) is 0 Å². The maximum atomic E-state index is 12.3. The number of rotatable bonds is 3. The van der Waals surface area contributed by atoms with Crippen LogP contribution in [-0.2, 0) is 6.42 Å². The minimum atomic E-state index is -0.650. The highest BCUT2D eigenvalue weighted by Gasteiger charge is 2.19. The van der Waals surface area contributed by atoms with Gasteiger partial charge in [-0.1, -0.05) is 17.7 Å². The molecule has 0 saturated carbocycles. The third-order valence-corrected chi connectivity index (χ3v) is 4.02. The van der Waals surface area contributed by atoms with Crippen molar-refractivity contribution in [2.75, 3.05) is 11.9 Å². The molecular weight excluding hydrogens is 334 g/mol. The minimum Gasteiger partial charge on any atom is -0.352 e. The van der Waals surface area contributed by atoms with Crippen LogP contribution >= 0.6 is 11.6 Å². The topological polar surface area (TPSA) is 101 Å². The van der Waals surface area contributed by atoms with Gasteiger partial charge >= 0.3 is 0 Å². The van der Waals surface area contributed by atoms with Crippen molar-refractivity contribution in [2.24, 2.45) is 0 Å². The summed E-state index contributed by atoms with van der Waals surface area (Å²) >= 11 is 5.73. The molecule has 0 bridgehead atoms. The van der Waals surface area contributed by atoms with E-state index in [1.54, 1.807) is 18.2 Å². The van der Waals surface area contributed by atoms with Crippen molar-refractivity contribution in [3.8, 4) is 0 Å². The van der Waals surface area contributed by atoms with Gasteiger partial charge in [-0.15, -0.1) is 0 Å². The van der Waals surface area contributed by atoms with E-state index < -0.39 is 10.8 Å². The number of anilines is 1. The molecule has 24 heavy (non-hydrogen) atoms. The lowest BCUT2D eigenvalue weighted by Crippen LogP contribution is -2.31. The molecule has 0 atom stereocenters. The molecule has 3 rings (SSSR count). The summed E-state index contributed by atoms with van der Waals surface area (Å²) in [5.74, 6) is -0.708. The van der Waals surface area contributed by atoms with Gasteiger partial charge in [0.2, 0.25) is 0 Å². The van der Waals surface area contributed by atoms with Crippen LogP contribution < -0.4 is 10.6 Å². The predicted octanol–water partition coefficient (Wildman–Crippen LogP) is 2.79. The molecule has 0 saturated heterocycles. The van der Waals surface area contributed by atoms with Crippen LogP contribution in [0.1, 0.15) is 26.3 Å². The number of benzene rings is 2. The van der Waals surface area contributed by atoms with Gasteiger partial charge in [0.25, 0.3) is 17.5 Å². The first-order valence-corrected chi connectivity index (χ1v) is 7.50. The Morgan fingerprint density at radius 1 is 1.25 bits per heavy atom. The van der Waals surface area contributed by atoms with Crippen molar-refractivity contribution in [3.63, 3.8) is 0 Å². The summed E-state index contributed by atoms with van der Waals surface area (Å²) in [7, 11) is 0. The van der Waals surface area contributed by atoms with Crippen LogP contribution in [0.4, 0.5) is 11.4 Å². The SMILES string of the molecule is O=C(Nc1ccc2c(c1)C(=O)NCC2)c1ccc(Cl)c([N+](=O)[O-])c1. The second-order valence-corrected chi connectivity index (χ2v) is 5.66. The number of nitro benzene ring substituents is 1. The summed E-state index contributed by atoms with van der Waals surface area (Å²) in [6, 6.07) is 8.88. The normalized spacial score (nSPS) is 13.0. The Morgan fingerprint density at radius 3 is 2.79 bits per heavy atom. The number of carbonyl (C=O) groups excluding carboxylic acids is 2. The molecule has 0 aromatic heterocycles. The van der Waals surface area contributed by atoms with Crippen LogP contribution in [-0.4, -0.2) is 23.3 Å². The molecule has 122 valence electrons. The number of nitrogens with one attached hydrogen (secondary N) is 2. The van der Waals surface area contributed by atoms with Crippen LogP contribution in [0.3, 0.4) is 0 Å². The summed E-state index contributed by atoms with van der Waals surface area (Å²) in [5, 5.41) is 16.2. The molecule has 1 aliphatic heterocycles. The highest BCUT2D eigenvalue weighted by Crippen LogP contribution is 2.26. The van der Waals surface area contributed by atoms with Gasteiger partial charge in [0.1, 0.15) is 5.02 Å². The molecular formula is C16H12ClN3O4. The van der Waals surface area contributed by atoms with Gasteiger partial charge in [-0.3, -0.25) is 19.7 Å². The Labute approximate surface area is 141 Å². The van der Waals surface area contributed by atoms with Gasteiger partial charge in [0, 0.05) is 29.4 Å². The minimum absolute atomic E-state index is 0.0398. The molecule has 0 radical (unpaired) electrons. The van der Waals surface area contributed by atoms with Gasteiger partial charge in [0.05, 0.1) is 4.92 Å². The van der Waals surface area contributed by atoms with Crippen LogP contribution in [0.5, 0.6) is 0 Å². The Bertz CT molecular complexity index is 866. The lowest BCUT2D eigenvalue weighted by atomic mass is 10.00. The first-order valence-electron chi connectivity index (χ1n) is 7.12. The zero-order valence-corrected chi connectivity index (χ0v) is 13.1. The van der Waals surface area contributed by atoms with Crippen molar-refractivity contribution < 1.29 is 14.5 Å². The van der Waals surface area contributed by atoms with E-state index in [2.05, 4.69) is 10.6 Å². The average molecular weight is 346 g/mol. The van der Waals surface area contributed by atoms with Gasteiger partial charge in [-0.2, -0.15) is 0 Å². The Hall–Kier alpha value is -2.93. The second-order valence-electron chi connectivity index (χ2n) is 5.26. The van der Waals surface area contributed by atoms with Crippen LogP contribution in [0.15, 0.2) is 36.4 Å². The van der Waals surface area contributed by atoms with E-state index in [9.17, 15) is 19.7 Å². The lowest BCUT2D eigenvalue weighted by Gasteiger charge is -2.17. The predicted molar refractivity (Wildman–Crippen MR) is 88.5 cm³/mol. The molecule has 2 aromatic carbocycles. The highest BCUT2D eigenvalue weighted by molar-refractivity contribution is 6.32. The summed E-state index contributed by atoms with van der Waals surface area (Å²) in [6.45, 7) is 0.589. The summed E-state index contributed by atoms with van der Waals surface area (Å²) in [4.78, 5) is 34.4. The number of hydrogen-bond acceptors (Lipinski definition) is 4. The fraction of sp³-hybridized carbons (Fsp3) is 0.125. The summed E-state index contributed by atoms with van der Waals surface area (Å²) in [6.07, 6.45) is 0.735. The molecule has 0 aliphatic carbocycles. The van der Waals surface area contributed by atoms with Crippen LogP contribution in [0.2, 0.25) is 5.02 Å². The number of amides is 2. The molecule has 1 aliphatic rings. The lowest BCUT2D eigenvalue weighted by molar-refractivity contribution is -0.384. The quantitative estimate of drug-likeness (QED) is 0.659. The van der Waals surface area contributed by atoms with Crippen molar-refractivity contribution in [3.05, 3.63) is 68.2 Å². The smallest absolute Gasteiger partial charge is 0.288 e. The van der Waals surface area contributed by atoms with E-state index in [1.165, 1.54) is 12.1 Å².